The molecule has 4 nitrogen and oxygen atoms in total. The van der Waals surface area contributed by atoms with Gasteiger partial charge >= 0.3 is 5.97 Å². The molecule has 0 radical (unpaired) electrons. The van der Waals surface area contributed by atoms with Crippen molar-refractivity contribution in [1.29, 1.82) is 0 Å². The van der Waals surface area contributed by atoms with E-state index in [2.05, 4.69) is 5.32 Å². The number of nitrogens with one attached hydrogen (secondary N) is 1. The summed E-state index contributed by atoms with van der Waals surface area (Å²) in [5.74, 6) is -2.37. The van der Waals surface area contributed by atoms with E-state index in [4.69, 9.17) is 0 Å². The minimum atomic E-state index is -1.94. The van der Waals surface area contributed by atoms with Gasteiger partial charge in [-0.25, -0.2) is 9.18 Å². The van der Waals surface area contributed by atoms with Crippen LogP contribution in [-0.4, -0.2) is 16.9 Å². The molecule has 0 fully saturated rings. The van der Waals surface area contributed by atoms with Crippen molar-refractivity contribution < 1.29 is 19.1 Å². The van der Waals surface area contributed by atoms with Crippen LogP contribution in [0.3, 0.4) is 0 Å². The molecule has 24 heavy (non-hydrogen) atoms. The van der Waals surface area contributed by atoms with Gasteiger partial charge in [0.1, 0.15) is 5.82 Å². The lowest BCUT2D eigenvalue weighted by molar-refractivity contribution is -0.140. The highest BCUT2D eigenvalue weighted by Crippen LogP contribution is 2.43. The van der Waals surface area contributed by atoms with Crippen LogP contribution in [0.2, 0.25) is 0 Å². The molecule has 3 aromatic rings. The largest absolute Gasteiger partial charge is 0.479 e. The molecule has 1 aliphatic heterocycles. The van der Waals surface area contributed by atoms with E-state index in [0.29, 0.717) is 11.3 Å². The lowest BCUT2D eigenvalue weighted by atomic mass is 9.86. The molecule has 0 saturated carbocycles. The molecule has 3 aromatic carbocycles. The van der Waals surface area contributed by atoms with Gasteiger partial charge in [-0.1, -0.05) is 42.5 Å². The Hall–Kier alpha value is -3.21. The number of carbonyl (C=O) groups excluding carboxylic acids is 1. The van der Waals surface area contributed by atoms with Crippen molar-refractivity contribution in [1.82, 2.24) is 0 Å². The first-order valence-electron chi connectivity index (χ1n) is 7.38. The Morgan fingerprint density at radius 2 is 1.71 bits per heavy atom. The number of halogens is 1. The number of aliphatic carboxylic acids is 1. The summed E-state index contributed by atoms with van der Waals surface area (Å²) in [6, 6.07) is 15.8. The van der Waals surface area contributed by atoms with Crippen LogP contribution in [0.1, 0.15) is 15.9 Å². The average molecular weight is 321 g/mol. The predicted molar refractivity (Wildman–Crippen MR) is 87.6 cm³/mol. The zero-order valence-electron chi connectivity index (χ0n) is 12.4. The number of hydrogen-bond donors (Lipinski definition) is 2. The third-order valence-electron chi connectivity index (χ3n) is 4.42. The van der Waals surface area contributed by atoms with E-state index in [1.54, 1.807) is 12.1 Å². The summed E-state index contributed by atoms with van der Waals surface area (Å²) < 4.78 is 13.2. The van der Waals surface area contributed by atoms with Crippen LogP contribution >= 0.6 is 0 Å². The van der Waals surface area contributed by atoms with E-state index >= 15 is 0 Å². The van der Waals surface area contributed by atoms with Crippen molar-refractivity contribution in [3.63, 3.8) is 0 Å². The summed E-state index contributed by atoms with van der Waals surface area (Å²) in [5.41, 5.74) is -0.938. The van der Waals surface area contributed by atoms with Crippen molar-refractivity contribution >= 4 is 28.2 Å². The number of ketones is 1. The highest BCUT2D eigenvalue weighted by atomic mass is 19.1. The maximum absolute atomic E-state index is 13.2. The molecule has 2 N–H and O–H groups in total. The number of fused-ring (bicyclic) bond motifs is 3. The van der Waals surface area contributed by atoms with Gasteiger partial charge in [-0.15, -0.1) is 0 Å². The van der Waals surface area contributed by atoms with Crippen LogP contribution in [0.4, 0.5) is 10.1 Å². The van der Waals surface area contributed by atoms with Gasteiger partial charge in [0, 0.05) is 10.9 Å². The molecular weight excluding hydrogens is 309 g/mol. The number of benzene rings is 3. The average Bonchev–Trinajstić information content (AvgIpc) is 2.90. The van der Waals surface area contributed by atoms with E-state index < -0.39 is 23.1 Å². The fourth-order valence-corrected chi connectivity index (χ4v) is 3.22. The number of hydrogen-bond acceptors (Lipinski definition) is 3. The van der Waals surface area contributed by atoms with Gasteiger partial charge in [-0.3, -0.25) is 4.79 Å². The molecule has 4 rings (SSSR count). The zero-order valence-corrected chi connectivity index (χ0v) is 12.4. The highest BCUT2D eigenvalue weighted by Gasteiger charge is 2.53. The van der Waals surface area contributed by atoms with Gasteiger partial charge < -0.3 is 10.4 Å². The monoisotopic (exact) mass is 321 g/mol. The number of rotatable bonds is 2. The fourth-order valence-electron chi connectivity index (χ4n) is 3.22. The Balaban J connectivity index is 1.98. The van der Waals surface area contributed by atoms with Crippen molar-refractivity contribution in [3.05, 3.63) is 77.6 Å². The van der Waals surface area contributed by atoms with Crippen LogP contribution in [0, 0.1) is 5.82 Å². The van der Waals surface area contributed by atoms with E-state index in [1.165, 1.54) is 12.1 Å². The second-order valence-electron chi connectivity index (χ2n) is 5.73. The van der Waals surface area contributed by atoms with Crippen LogP contribution in [0.5, 0.6) is 0 Å². The molecule has 0 saturated heterocycles. The Bertz CT molecular complexity index is 997. The van der Waals surface area contributed by atoms with Crippen molar-refractivity contribution in [2.75, 3.05) is 5.32 Å². The maximum Gasteiger partial charge on any atom is 0.342 e. The Morgan fingerprint density at radius 3 is 2.42 bits per heavy atom. The quantitative estimate of drug-likeness (QED) is 0.708. The summed E-state index contributed by atoms with van der Waals surface area (Å²) in [4.78, 5) is 25.0. The maximum atomic E-state index is 13.2. The third kappa shape index (κ3) is 1.78. The Kier molecular flexibility index (Phi) is 2.93. The lowest BCUT2D eigenvalue weighted by Gasteiger charge is -2.24. The van der Waals surface area contributed by atoms with Crippen molar-refractivity contribution in [2.45, 2.75) is 5.54 Å². The fraction of sp³-hybridized carbons (Fsp3) is 0.0526. The predicted octanol–water partition coefficient (Wildman–Crippen LogP) is 3.57. The highest BCUT2D eigenvalue weighted by molar-refractivity contribution is 6.27. The second kappa shape index (κ2) is 4.89. The number of carboxylic acid groups (broad SMARTS) is 1. The van der Waals surface area contributed by atoms with E-state index in [0.717, 1.165) is 22.9 Å². The van der Waals surface area contributed by atoms with Gasteiger partial charge in [0.15, 0.2) is 0 Å². The zero-order chi connectivity index (χ0) is 16.9. The SMILES string of the molecule is O=C(O)[C@]1(c2ccc(F)cc2)Nc2c(ccc3ccccc23)C1=O. The van der Waals surface area contributed by atoms with Gasteiger partial charge in [-0.2, -0.15) is 0 Å². The summed E-state index contributed by atoms with van der Waals surface area (Å²) in [7, 11) is 0. The molecular formula is C19H12FNO3. The van der Waals surface area contributed by atoms with Gasteiger partial charge in [0.2, 0.25) is 11.3 Å². The first-order valence-corrected chi connectivity index (χ1v) is 7.38. The molecule has 0 amide bonds. The lowest BCUT2D eigenvalue weighted by Crippen LogP contribution is -2.46. The molecule has 1 atom stereocenters. The van der Waals surface area contributed by atoms with E-state index in [1.807, 2.05) is 24.3 Å². The molecule has 1 aliphatic rings. The van der Waals surface area contributed by atoms with Crippen LogP contribution in [0.25, 0.3) is 10.8 Å². The van der Waals surface area contributed by atoms with Gasteiger partial charge in [0.05, 0.1) is 5.69 Å². The van der Waals surface area contributed by atoms with Crippen LogP contribution in [-0.2, 0) is 10.3 Å². The summed E-state index contributed by atoms with van der Waals surface area (Å²) in [6.07, 6.45) is 0. The van der Waals surface area contributed by atoms with Crippen LogP contribution in [0.15, 0.2) is 60.7 Å². The third-order valence-corrected chi connectivity index (χ3v) is 4.42. The molecule has 118 valence electrons. The Labute approximate surface area is 136 Å². The second-order valence-corrected chi connectivity index (χ2v) is 5.73. The molecule has 1 heterocycles. The van der Waals surface area contributed by atoms with Crippen LogP contribution < -0.4 is 5.32 Å². The first kappa shape index (κ1) is 14.4. The smallest absolute Gasteiger partial charge is 0.342 e. The number of Topliss-reactive ketones (excluding diaryl/α,β-unsaturated/α-hetero) is 1. The number of anilines is 1. The molecule has 0 unspecified atom stereocenters. The molecule has 0 spiro atoms. The topological polar surface area (TPSA) is 66.4 Å². The van der Waals surface area contributed by atoms with E-state index in [9.17, 15) is 19.1 Å². The van der Waals surface area contributed by atoms with Gasteiger partial charge in [-0.05, 0) is 29.1 Å². The summed E-state index contributed by atoms with van der Waals surface area (Å²) in [6.45, 7) is 0. The van der Waals surface area contributed by atoms with Crippen molar-refractivity contribution in [2.24, 2.45) is 0 Å². The van der Waals surface area contributed by atoms with Crippen molar-refractivity contribution in [3.8, 4) is 0 Å². The number of carbonyl (C=O) groups is 2. The molecule has 0 aliphatic carbocycles. The molecule has 0 bridgehead atoms. The molecule has 0 aromatic heterocycles. The minimum Gasteiger partial charge on any atom is -0.479 e. The number of carboxylic acids is 1. The minimum absolute atomic E-state index is 0.196. The normalized spacial score (nSPS) is 19.1. The van der Waals surface area contributed by atoms with Gasteiger partial charge in [0.25, 0.3) is 0 Å². The molecule has 5 heteroatoms. The summed E-state index contributed by atoms with van der Waals surface area (Å²) >= 11 is 0. The summed E-state index contributed by atoms with van der Waals surface area (Å²) in [5, 5.41) is 14.4. The van der Waals surface area contributed by atoms with E-state index in [-0.39, 0.29) is 5.56 Å². The Morgan fingerprint density at radius 1 is 1.00 bits per heavy atom. The standard InChI is InChI=1S/C19H12FNO3/c20-13-8-6-12(7-9-13)19(18(23)24)17(22)15-10-5-11-3-1-2-4-14(11)16(15)21-19/h1-10,21H,(H,23,24)/t19-/m1/s1. The first-order chi connectivity index (χ1) is 11.5.